The van der Waals surface area contributed by atoms with E-state index in [0.29, 0.717) is 6.42 Å². The Kier molecular flexibility index (Phi) is 4.41. The van der Waals surface area contributed by atoms with Crippen LogP contribution >= 0.6 is 11.3 Å². The number of nitrogens with one attached hydrogen (secondary N) is 1. The van der Waals surface area contributed by atoms with Crippen LogP contribution in [-0.2, 0) is 23.1 Å². The molecule has 0 amide bonds. The predicted octanol–water partition coefficient (Wildman–Crippen LogP) is 1.74. The summed E-state index contributed by atoms with van der Waals surface area (Å²) in [6.45, 7) is 1.48. The van der Waals surface area contributed by atoms with Gasteiger partial charge in [0, 0.05) is 10.9 Å². The second kappa shape index (κ2) is 5.87. The zero-order valence-electron chi connectivity index (χ0n) is 10.4. The normalized spacial score (nSPS) is 13.6. The van der Waals surface area contributed by atoms with Gasteiger partial charge in [-0.2, -0.15) is 0 Å². The number of aliphatic hydroxyl groups is 1. The first-order chi connectivity index (χ1) is 9.01. The molecule has 2 N–H and O–H groups in total. The summed E-state index contributed by atoms with van der Waals surface area (Å²) in [6.07, 6.45) is 0.629. The van der Waals surface area contributed by atoms with Crippen LogP contribution in [0.3, 0.4) is 0 Å². The van der Waals surface area contributed by atoms with Gasteiger partial charge in [0.25, 0.3) is 10.0 Å². The Morgan fingerprint density at radius 2 is 2.21 bits per heavy atom. The smallest absolute Gasteiger partial charge is 0.274 e. The molecule has 0 spiro atoms. The summed E-state index contributed by atoms with van der Waals surface area (Å²) in [5, 5.41) is 10.6. The molecule has 0 aliphatic carbocycles. The molecule has 1 unspecified atom stereocenters. The van der Waals surface area contributed by atoms with Gasteiger partial charge in [-0.25, -0.2) is 13.1 Å². The lowest BCUT2D eigenvalue weighted by atomic mass is 10.2. The van der Waals surface area contributed by atoms with Crippen molar-refractivity contribution >= 4 is 21.4 Å². The van der Waals surface area contributed by atoms with Gasteiger partial charge in [0.1, 0.15) is 12.4 Å². The predicted molar refractivity (Wildman–Crippen MR) is 72.4 cm³/mol. The average Bonchev–Trinajstić information content (AvgIpc) is 2.97. The molecule has 0 saturated carbocycles. The number of hydrogen-bond donors (Lipinski definition) is 2. The van der Waals surface area contributed by atoms with Gasteiger partial charge >= 0.3 is 0 Å². The molecule has 0 aliphatic heterocycles. The van der Waals surface area contributed by atoms with Gasteiger partial charge in [0.05, 0.1) is 0 Å². The molecule has 2 aromatic rings. The summed E-state index contributed by atoms with van der Waals surface area (Å²) in [6, 6.07) is 6.45. The Hall–Kier alpha value is -1.15. The molecule has 0 radical (unpaired) electrons. The fraction of sp³-hybridized carbons (Fsp3) is 0.333. The lowest BCUT2D eigenvalue weighted by Gasteiger charge is -2.11. The van der Waals surface area contributed by atoms with Crippen molar-refractivity contribution in [2.75, 3.05) is 0 Å². The average molecular weight is 301 g/mol. The van der Waals surface area contributed by atoms with Crippen LogP contribution in [0.15, 0.2) is 39.2 Å². The van der Waals surface area contributed by atoms with Gasteiger partial charge in [-0.1, -0.05) is 6.07 Å². The number of hydrogen-bond acceptors (Lipinski definition) is 5. The minimum Gasteiger partial charge on any atom is -0.446 e. The number of thiophene rings is 1. The van der Waals surface area contributed by atoms with Crippen molar-refractivity contribution in [3.8, 4) is 0 Å². The van der Waals surface area contributed by atoms with E-state index in [2.05, 4.69) is 4.72 Å². The van der Waals surface area contributed by atoms with Gasteiger partial charge in [0.2, 0.25) is 5.09 Å². The lowest BCUT2D eigenvalue weighted by molar-refractivity contribution is 0.236. The molecule has 7 heteroatoms. The van der Waals surface area contributed by atoms with Crippen LogP contribution < -0.4 is 4.72 Å². The molecule has 2 aromatic heterocycles. The second-order valence-electron chi connectivity index (χ2n) is 4.18. The summed E-state index contributed by atoms with van der Waals surface area (Å²) in [7, 11) is -3.68. The van der Waals surface area contributed by atoms with E-state index in [9.17, 15) is 8.42 Å². The van der Waals surface area contributed by atoms with E-state index >= 15 is 0 Å². The van der Waals surface area contributed by atoms with Gasteiger partial charge in [-0.3, -0.25) is 0 Å². The zero-order valence-corrected chi connectivity index (χ0v) is 12.0. The lowest BCUT2D eigenvalue weighted by Crippen LogP contribution is -2.33. The zero-order chi connectivity index (χ0) is 13.9. The Balaban J connectivity index is 2.04. The van der Waals surface area contributed by atoms with Crippen LogP contribution in [-0.4, -0.2) is 19.6 Å². The molecule has 0 aromatic carbocycles. The maximum atomic E-state index is 12.0. The molecule has 2 heterocycles. The molecule has 104 valence electrons. The molecule has 0 aliphatic rings. The first-order valence-corrected chi connectivity index (χ1v) is 8.12. The van der Waals surface area contributed by atoms with Crippen LogP contribution in [0.1, 0.15) is 17.6 Å². The molecule has 0 fully saturated rings. The number of furan rings is 1. The third-order valence-corrected chi connectivity index (χ3v) is 4.86. The topological polar surface area (TPSA) is 79.5 Å². The molecule has 1 atom stereocenters. The highest BCUT2D eigenvalue weighted by Crippen LogP contribution is 2.16. The highest BCUT2D eigenvalue weighted by Gasteiger charge is 2.21. The molecule has 0 saturated heterocycles. The van der Waals surface area contributed by atoms with E-state index in [1.807, 2.05) is 17.5 Å². The minimum absolute atomic E-state index is 0.172. The third-order valence-electron chi connectivity index (χ3n) is 2.50. The van der Waals surface area contributed by atoms with E-state index < -0.39 is 10.0 Å². The Morgan fingerprint density at radius 1 is 1.42 bits per heavy atom. The third kappa shape index (κ3) is 3.66. The highest BCUT2D eigenvalue weighted by atomic mass is 32.2. The van der Waals surface area contributed by atoms with Crippen LogP contribution in [0, 0.1) is 0 Å². The van der Waals surface area contributed by atoms with Gasteiger partial charge in [0.15, 0.2) is 0 Å². The van der Waals surface area contributed by atoms with E-state index in [4.69, 9.17) is 9.52 Å². The first kappa shape index (κ1) is 14.3. The van der Waals surface area contributed by atoms with Crippen LogP contribution in [0.25, 0.3) is 0 Å². The van der Waals surface area contributed by atoms with Crippen LogP contribution in [0.5, 0.6) is 0 Å². The Morgan fingerprint density at radius 3 is 2.79 bits per heavy atom. The van der Waals surface area contributed by atoms with Crippen molar-refractivity contribution in [2.45, 2.75) is 31.1 Å². The number of rotatable bonds is 6. The van der Waals surface area contributed by atoms with Crippen molar-refractivity contribution in [1.29, 1.82) is 0 Å². The van der Waals surface area contributed by atoms with Gasteiger partial charge < -0.3 is 9.52 Å². The van der Waals surface area contributed by atoms with Gasteiger partial charge in [-0.05, 0) is 36.9 Å². The maximum absolute atomic E-state index is 12.0. The second-order valence-corrected chi connectivity index (χ2v) is 6.86. The monoisotopic (exact) mass is 301 g/mol. The Bertz CT molecular complexity index is 616. The molecule has 19 heavy (non-hydrogen) atoms. The van der Waals surface area contributed by atoms with Crippen molar-refractivity contribution in [1.82, 2.24) is 4.72 Å². The van der Waals surface area contributed by atoms with Crippen molar-refractivity contribution in [3.63, 3.8) is 0 Å². The van der Waals surface area contributed by atoms with Crippen LogP contribution in [0.2, 0.25) is 0 Å². The maximum Gasteiger partial charge on any atom is 0.274 e. The molecule has 0 bridgehead atoms. The quantitative estimate of drug-likeness (QED) is 0.852. The number of aliphatic hydroxyl groups excluding tert-OH is 1. The summed E-state index contributed by atoms with van der Waals surface area (Å²) in [4.78, 5) is 1.12. The largest absolute Gasteiger partial charge is 0.446 e. The summed E-state index contributed by atoms with van der Waals surface area (Å²) < 4.78 is 31.6. The minimum atomic E-state index is -3.68. The SMILES string of the molecule is CC(Cc1cccs1)NS(=O)(=O)c1ccc(CO)o1. The number of sulfonamides is 1. The fourth-order valence-electron chi connectivity index (χ4n) is 1.68. The molecular weight excluding hydrogens is 286 g/mol. The van der Waals surface area contributed by atoms with E-state index in [1.54, 1.807) is 18.3 Å². The van der Waals surface area contributed by atoms with E-state index in [-0.39, 0.29) is 23.5 Å². The summed E-state index contributed by atoms with van der Waals surface area (Å²) in [5.74, 6) is 0.228. The summed E-state index contributed by atoms with van der Waals surface area (Å²) in [5.41, 5.74) is 0. The van der Waals surface area contributed by atoms with E-state index in [1.165, 1.54) is 12.1 Å². The standard InChI is InChI=1S/C12H15NO4S2/c1-9(7-11-3-2-6-18-11)13-19(15,16)12-5-4-10(8-14)17-12/h2-6,9,13-14H,7-8H2,1H3. The van der Waals surface area contributed by atoms with E-state index in [0.717, 1.165) is 4.88 Å². The van der Waals surface area contributed by atoms with Crippen LogP contribution in [0.4, 0.5) is 0 Å². The first-order valence-electron chi connectivity index (χ1n) is 5.75. The van der Waals surface area contributed by atoms with Gasteiger partial charge in [-0.15, -0.1) is 11.3 Å². The molecule has 5 nitrogen and oxygen atoms in total. The van der Waals surface area contributed by atoms with Crippen molar-refractivity contribution in [2.24, 2.45) is 0 Å². The molecule has 2 rings (SSSR count). The highest BCUT2D eigenvalue weighted by molar-refractivity contribution is 7.89. The van der Waals surface area contributed by atoms with Crippen molar-refractivity contribution < 1.29 is 17.9 Å². The molecular formula is C12H15NO4S2. The summed E-state index contributed by atoms with van der Waals surface area (Å²) >= 11 is 1.59. The van der Waals surface area contributed by atoms with Crippen molar-refractivity contribution in [3.05, 3.63) is 40.3 Å². The fourth-order valence-corrected chi connectivity index (χ4v) is 3.71. The Labute approximate surface area is 115 Å².